The molecule has 0 aliphatic heterocycles. The normalized spacial score (nSPS) is 11.5. The fraction of sp³-hybridized carbons (Fsp3) is 0.571. The van der Waals surface area contributed by atoms with Crippen LogP contribution in [0.3, 0.4) is 0 Å². The second-order valence-electron chi connectivity index (χ2n) is 7.01. The van der Waals surface area contributed by atoms with Crippen LogP contribution >= 0.6 is 0 Å². The van der Waals surface area contributed by atoms with Crippen molar-refractivity contribution in [3.05, 3.63) is 42.0 Å². The van der Waals surface area contributed by atoms with Gasteiger partial charge in [-0.2, -0.15) is 0 Å². The quantitative estimate of drug-likeness (QED) is 0.592. The van der Waals surface area contributed by atoms with E-state index < -0.39 is 5.54 Å². The maximum absolute atomic E-state index is 12.2. The fourth-order valence-electron chi connectivity index (χ4n) is 2.65. The zero-order valence-electron chi connectivity index (χ0n) is 17.0. The Hall–Kier alpha value is -1.85. The zero-order valence-corrected chi connectivity index (χ0v) is 17.0. The van der Waals surface area contributed by atoms with Gasteiger partial charge < -0.3 is 20.3 Å². The SMILES string of the molecule is C=C(C)c1cccc(C(C)(C)NC(=O)NCCOCCN(CC)CC)c1. The molecule has 1 rings (SSSR count). The molecule has 2 amide bonds. The molecule has 0 atom stereocenters. The molecule has 0 saturated heterocycles. The Kier molecular flexibility index (Phi) is 9.38. The minimum Gasteiger partial charge on any atom is -0.378 e. The second-order valence-corrected chi connectivity index (χ2v) is 7.01. The molecule has 0 fully saturated rings. The number of carbonyl (C=O) groups excluding carboxylic acids is 1. The van der Waals surface area contributed by atoms with Crippen molar-refractivity contribution >= 4 is 11.6 Å². The lowest BCUT2D eigenvalue weighted by Crippen LogP contribution is -2.47. The van der Waals surface area contributed by atoms with Gasteiger partial charge in [0.2, 0.25) is 0 Å². The Balaban J connectivity index is 2.37. The van der Waals surface area contributed by atoms with E-state index in [0.717, 1.165) is 36.3 Å². The van der Waals surface area contributed by atoms with E-state index in [1.807, 2.05) is 39.0 Å². The molecule has 0 unspecified atom stereocenters. The maximum atomic E-state index is 12.2. The summed E-state index contributed by atoms with van der Waals surface area (Å²) in [6, 6.07) is 7.91. The van der Waals surface area contributed by atoms with Crippen molar-refractivity contribution in [2.75, 3.05) is 39.4 Å². The molecule has 0 aromatic heterocycles. The highest BCUT2D eigenvalue weighted by Gasteiger charge is 2.23. The van der Waals surface area contributed by atoms with E-state index in [9.17, 15) is 4.79 Å². The lowest BCUT2D eigenvalue weighted by atomic mass is 9.92. The number of amides is 2. The number of allylic oxidation sites excluding steroid dienone is 1. The summed E-state index contributed by atoms with van der Waals surface area (Å²) in [5, 5.41) is 5.88. The van der Waals surface area contributed by atoms with Gasteiger partial charge in [-0.1, -0.05) is 44.2 Å². The number of hydrogen-bond acceptors (Lipinski definition) is 3. The monoisotopic (exact) mass is 361 g/mol. The summed E-state index contributed by atoms with van der Waals surface area (Å²) in [5.74, 6) is 0. The predicted octanol–water partition coefficient (Wildman–Crippen LogP) is 3.61. The van der Waals surface area contributed by atoms with Crippen LogP contribution in [-0.4, -0.2) is 50.3 Å². The van der Waals surface area contributed by atoms with Crippen molar-refractivity contribution in [2.45, 2.75) is 40.2 Å². The maximum Gasteiger partial charge on any atom is 0.315 e. The standard InChI is InChI=1S/C21H35N3O2/c1-7-24(8-2)13-15-26-14-12-22-20(25)23-21(5,6)19-11-9-10-18(16-19)17(3)4/h9-11,16H,3,7-8,12-15H2,1-2,4-6H3,(H2,22,23,25). The van der Waals surface area contributed by atoms with Crippen LogP contribution < -0.4 is 10.6 Å². The third-order valence-corrected chi connectivity index (χ3v) is 4.48. The summed E-state index contributed by atoms with van der Waals surface area (Å²) in [5.41, 5.74) is 2.66. The zero-order chi connectivity index (χ0) is 19.6. The molecule has 5 nitrogen and oxygen atoms in total. The average Bonchev–Trinajstić information content (AvgIpc) is 2.61. The second kappa shape index (κ2) is 11.0. The first-order chi connectivity index (χ1) is 12.3. The molecule has 0 radical (unpaired) electrons. The van der Waals surface area contributed by atoms with Crippen LogP contribution in [0.25, 0.3) is 5.57 Å². The van der Waals surface area contributed by atoms with Crippen LogP contribution in [0, 0.1) is 0 Å². The number of nitrogens with zero attached hydrogens (tertiary/aromatic N) is 1. The highest BCUT2D eigenvalue weighted by Crippen LogP contribution is 2.23. The number of nitrogens with one attached hydrogen (secondary N) is 2. The first-order valence-electron chi connectivity index (χ1n) is 9.42. The average molecular weight is 362 g/mol. The third kappa shape index (κ3) is 7.58. The van der Waals surface area contributed by atoms with Crippen LogP contribution in [0.5, 0.6) is 0 Å². The van der Waals surface area contributed by atoms with Crippen molar-refractivity contribution in [3.63, 3.8) is 0 Å². The highest BCUT2D eigenvalue weighted by atomic mass is 16.5. The van der Waals surface area contributed by atoms with Gasteiger partial charge in [0.1, 0.15) is 0 Å². The molecule has 1 aromatic rings. The van der Waals surface area contributed by atoms with Crippen LogP contribution in [0.1, 0.15) is 45.7 Å². The molecule has 2 N–H and O–H groups in total. The van der Waals surface area contributed by atoms with Crippen molar-refractivity contribution in [1.29, 1.82) is 0 Å². The van der Waals surface area contributed by atoms with Gasteiger partial charge in [-0.05, 0) is 51.1 Å². The topological polar surface area (TPSA) is 53.6 Å². The lowest BCUT2D eigenvalue weighted by Gasteiger charge is -2.27. The van der Waals surface area contributed by atoms with Gasteiger partial charge in [0.25, 0.3) is 0 Å². The lowest BCUT2D eigenvalue weighted by molar-refractivity contribution is 0.109. The van der Waals surface area contributed by atoms with Gasteiger partial charge in [0, 0.05) is 13.1 Å². The van der Waals surface area contributed by atoms with Crippen molar-refractivity contribution in [3.8, 4) is 0 Å². The summed E-state index contributed by atoms with van der Waals surface area (Å²) in [4.78, 5) is 14.5. The molecular formula is C21H35N3O2. The van der Waals surface area contributed by atoms with E-state index in [0.29, 0.717) is 19.8 Å². The first kappa shape index (κ1) is 22.2. The molecule has 1 aromatic carbocycles. The number of urea groups is 1. The number of likely N-dealkylation sites (N-methyl/N-ethyl adjacent to an activating group) is 1. The molecule has 0 bridgehead atoms. The van der Waals surface area contributed by atoms with E-state index in [2.05, 4.69) is 42.0 Å². The van der Waals surface area contributed by atoms with Gasteiger partial charge in [-0.15, -0.1) is 0 Å². The largest absolute Gasteiger partial charge is 0.378 e. The van der Waals surface area contributed by atoms with E-state index in [1.165, 1.54) is 0 Å². The molecule has 0 heterocycles. The summed E-state index contributed by atoms with van der Waals surface area (Å²) >= 11 is 0. The summed E-state index contributed by atoms with van der Waals surface area (Å²) in [6.45, 7) is 18.9. The summed E-state index contributed by atoms with van der Waals surface area (Å²) in [7, 11) is 0. The van der Waals surface area contributed by atoms with Crippen LogP contribution in [0.4, 0.5) is 4.79 Å². The molecule has 0 aliphatic carbocycles. The summed E-state index contributed by atoms with van der Waals surface area (Å²) in [6.07, 6.45) is 0. The summed E-state index contributed by atoms with van der Waals surface area (Å²) < 4.78 is 5.58. The number of benzene rings is 1. The van der Waals surface area contributed by atoms with Gasteiger partial charge in [0.15, 0.2) is 0 Å². The number of ether oxygens (including phenoxy) is 1. The smallest absolute Gasteiger partial charge is 0.315 e. The Morgan fingerprint density at radius 3 is 2.54 bits per heavy atom. The van der Waals surface area contributed by atoms with E-state index in [4.69, 9.17) is 4.74 Å². The van der Waals surface area contributed by atoms with E-state index >= 15 is 0 Å². The Morgan fingerprint density at radius 1 is 1.23 bits per heavy atom. The third-order valence-electron chi connectivity index (χ3n) is 4.48. The molecule has 0 aliphatic rings. The van der Waals surface area contributed by atoms with Gasteiger partial charge in [0.05, 0.1) is 18.8 Å². The molecule has 0 saturated carbocycles. The van der Waals surface area contributed by atoms with Gasteiger partial charge in [-0.25, -0.2) is 4.79 Å². The Bertz CT molecular complexity index is 580. The molecular weight excluding hydrogens is 326 g/mol. The van der Waals surface area contributed by atoms with Gasteiger partial charge in [-0.3, -0.25) is 0 Å². The molecule has 26 heavy (non-hydrogen) atoms. The Labute approximate surface area is 158 Å². The number of rotatable bonds is 11. The van der Waals surface area contributed by atoms with Crippen LogP contribution in [-0.2, 0) is 10.3 Å². The van der Waals surface area contributed by atoms with Crippen molar-refractivity contribution in [2.24, 2.45) is 0 Å². The molecule has 0 spiro atoms. The van der Waals surface area contributed by atoms with Crippen LogP contribution in [0.2, 0.25) is 0 Å². The van der Waals surface area contributed by atoms with E-state index in [-0.39, 0.29) is 6.03 Å². The van der Waals surface area contributed by atoms with Crippen molar-refractivity contribution < 1.29 is 9.53 Å². The first-order valence-corrected chi connectivity index (χ1v) is 9.42. The number of carbonyl (C=O) groups is 1. The predicted molar refractivity (Wildman–Crippen MR) is 109 cm³/mol. The van der Waals surface area contributed by atoms with Gasteiger partial charge >= 0.3 is 6.03 Å². The molecule has 5 heteroatoms. The fourth-order valence-corrected chi connectivity index (χ4v) is 2.65. The molecule has 146 valence electrons. The minimum absolute atomic E-state index is 0.192. The van der Waals surface area contributed by atoms with Crippen molar-refractivity contribution in [1.82, 2.24) is 15.5 Å². The Morgan fingerprint density at radius 2 is 1.92 bits per heavy atom. The minimum atomic E-state index is -0.473. The number of hydrogen-bond donors (Lipinski definition) is 2. The highest BCUT2D eigenvalue weighted by molar-refractivity contribution is 5.75. The van der Waals surface area contributed by atoms with E-state index in [1.54, 1.807) is 0 Å². The van der Waals surface area contributed by atoms with Crippen LogP contribution in [0.15, 0.2) is 30.8 Å².